The van der Waals surface area contributed by atoms with Crippen molar-refractivity contribution in [3.63, 3.8) is 0 Å². The van der Waals surface area contributed by atoms with E-state index < -0.39 is 9.05 Å². The van der Waals surface area contributed by atoms with Crippen LogP contribution < -0.4 is 10.1 Å². The van der Waals surface area contributed by atoms with Gasteiger partial charge in [-0.2, -0.15) is 0 Å². The summed E-state index contributed by atoms with van der Waals surface area (Å²) in [5.74, 6) is 0.0990. The van der Waals surface area contributed by atoms with Crippen LogP contribution in [0.2, 0.25) is 0 Å². The van der Waals surface area contributed by atoms with Gasteiger partial charge in [-0.1, -0.05) is 13.0 Å². The van der Waals surface area contributed by atoms with E-state index in [4.69, 9.17) is 15.4 Å². The molecule has 0 aliphatic carbocycles. The Labute approximate surface area is 123 Å². The van der Waals surface area contributed by atoms with E-state index in [1.807, 2.05) is 6.92 Å². The van der Waals surface area contributed by atoms with Crippen LogP contribution in [0.15, 0.2) is 23.1 Å². The highest BCUT2D eigenvalue weighted by atomic mass is 35.7. The van der Waals surface area contributed by atoms with Crippen LogP contribution in [0.5, 0.6) is 5.75 Å². The van der Waals surface area contributed by atoms with Gasteiger partial charge in [0.05, 0.1) is 13.2 Å². The summed E-state index contributed by atoms with van der Waals surface area (Å²) in [5.41, 5.74) is 0.648. The Morgan fingerprint density at radius 2 is 2.10 bits per heavy atom. The SMILES string of the molecule is CCCC(=O)NC(C)c1ccc(OC)c(S(=O)(=O)Cl)c1. The normalized spacial score (nSPS) is 12.8. The van der Waals surface area contributed by atoms with Crippen molar-refractivity contribution in [1.29, 1.82) is 0 Å². The van der Waals surface area contributed by atoms with E-state index in [1.165, 1.54) is 19.2 Å². The zero-order valence-corrected chi connectivity index (χ0v) is 13.2. The van der Waals surface area contributed by atoms with E-state index in [9.17, 15) is 13.2 Å². The molecule has 20 heavy (non-hydrogen) atoms. The van der Waals surface area contributed by atoms with E-state index in [0.717, 1.165) is 6.42 Å². The largest absolute Gasteiger partial charge is 0.495 e. The first-order valence-electron chi connectivity index (χ1n) is 6.21. The highest BCUT2D eigenvalue weighted by Crippen LogP contribution is 2.29. The fraction of sp³-hybridized carbons (Fsp3) is 0.462. The molecule has 1 unspecified atom stereocenters. The molecule has 1 aromatic carbocycles. The number of nitrogens with one attached hydrogen (secondary N) is 1. The molecule has 0 aliphatic heterocycles. The summed E-state index contributed by atoms with van der Waals surface area (Å²) in [6.07, 6.45) is 1.18. The average Bonchev–Trinajstić information content (AvgIpc) is 2.37. The molecule has 0 fully saturated rings. The molecule has 1 aromatic rings. The lowest BCUT2D eigenvalue weighted by atomic mass is 10.1. The van der Waals surface area contributed by atoms with Crippen LogP contribution in [0.3, 0.4) is 0 Å². The molecule has 0 spiro atoms. The second-order valence-electron chi connectivity index (χ2n) is 4.39. The van der Waals surface area contributed by atoms with Crippen LogP contribution in [0.4, 0.5) is 0 Å². The summed E-state index contributed by atoms with van der Waals surface area (Å²) in [6.45, 7) is 3.69. The molecule has 0 saturated carbocycles. The molecule has 0 heterocycles. The summed E-state index contributed by atoms with van der Waals surface area (Å²) in [6, 6.07) is 4.32. The molecule has 0 aliphatic rings. The van der Waals surface area contributed by atoms with Crippen LogP contribution in [0.25, 0.3) is 0 Å². The average molecular weight is 320 g/mol. The third kappa shape index (κ3) is 4.38. The number of amides is 1. The molecule has 1 atom stereocenters. The summed E-state index contributed by atoms with van der Waals surface area (Å²) >= 11 is 0. The first-order chi connectivity index (χ1) is 9.29. The lowest BCUT2D eigenvalue weighted by molar-refractivity contribution is -0.121. The van der Waals surface area contributed by atoms with Crippen molar-refractivity contribution in [2.45, 2.75) is 37.6 Å². The first-order valence-corrected chi connectivity index (χ1v) is 8.52. The molecule has 1 amide bonds. The maximum absolute atomic E-state index is 11.6. The number of benzene rings is 1. The van der Waals surface area contributed by atoms with E-state index in [0.29, 0.717) is 12.0 Å². The number of halogens is 1. The standard InChI is InChI=1S/C13H18ClNO4S/c1-4-5-13(16)15-9(2)10-6-7-11(19-3)12(8-10)20(14,17)18/h6-9H,4-5H2,1-3H3,(H,15,16). The van der Waals surface area contributed by atoms with Gasteiger partial charge in [0.25, 0.3) is 9.05 Å². The highest BCUT2D eigenvalue weighted by molar-refractivity contribution is 8.13. The van der Waals surface area contributed by atoms with Gasteiger partial charge in [0.1, 0.15) is 10.6 Å². The minimum absolute atomic E-state index is 0.0777. The predicted molar refractivity (Wildman–Crippen MR) is 77.5 cm³/mol. The van der Waals surface area contributed by atoms with Gasteiger partial charge in [0.15, 0.2) is 0 Å². The molecule has 0 bridgehead atoms. The zero-order valence-electron chi connectivity index (χ0n) is 11.6. The topological polar surface area (TPSA) is 72.5 Å². The minimum atomic E-state index is -3.91. The second kappa shape index (κ2) is 6.95. The highest BCUT2D eigenvalue weighted by Gasteiger charge is 2.19. The Bertz CT molecular complexity index is 586. The quantitative estimate of drug-likeness (QED) is 0.818. The van der Waals surface area contributed by atoms with E-state index in [2.05, 4.69) is 5.32 Å². The summed E-state index contributed by atoms with van der Waals surface area (Å²) in [5, 5.41) is 2.80. The first kappa shape index (κ1) is 16.8. The number of hydrogen-bond donors (Lipinski definition) is 1. The molecule has 0 saturated heterocycles. The molecular weight excluding hydrogens is 302 g/mol. The molecule has 1 N–H and O–H groups in total. The smallest absolute Gasteiger partial charge is 0.264 e. The Balaban J connectivity index is 3.06. The molecule has 0 radical (unpaired) electrons. The van der Waals surface area contributed by atoms with Gasteiger partial charge in [-0.05, 0) is 31.0 Å². The van der Waals surface area contributed by atoms with Crippen LogP contribution in [0.1, 0.15) is 38.3 Å². The van der Waals surface area contributed by atoms with E-state index in [1.54, 1.807) is 13.0 Å². The van der Waals surface area contributed by atoms with Gasteiger partial charge in [0.2, 0.25) is 5.91 Å². The van der Waals surface area contributed by atoms with Crippen molar-refractivity contribution >= 4 is 25.6 Å². The van der Waals surface area contributed by atoms with Crippen LogP contribution in [-0.2, 0) is 13.8 Å². The molecule has 5 nitrogen and oxygen atoms in total. The Kier molecular flexibility index (Phi) is 5.83. The number of methoxy groups -OCH3 is 1. The van der Waals surface area contributed by atoms with Crippen LogP contribution in [-0.4, -0.2) is 21.4 Å². The van der Waals surface area contributed by atoms with Gasteiger partial charge in [-0.3, -0.25) is 4.79 Å². The molecule has 1 rings (SSSR count). The molecular formula is C13H18ClNO4S. The van der Waals surface area contributed by atoms with Crippen molar-refractivity contribution in [2.24, 2.45) is 0 Å². The van der Waals surface area contributed by atoms with Crippen LogP contribution in [0, 0.1) is 0 Å². The number of rotatable bonds is 6. The predicted octanol–water partition coefficient (Wildman–Crippen LogP) is 2.60. The van der Waals surface area contributed by atoms with Gasteiger partial charge in [-0.15, -0.1) is 0 Å². The fourth-order valence-corrected chi connectivity index (χ4v) is 2.81. The number of ether oxygens (including phenoxy) is 1. The zero-order chi connectivity index (χ0) is 15.3. The van der Waals surface area contributed by atoms with Gasteiger partial charge < -0.3 is 10.1 Å². The monoisotopic (exact) mass is 319 g/mol. The number of carbonyl (C=O) groups is 1. The third-order valence-corrected chi connectivity index (χ3v) is 4.15. The number of carbonyl (C=O) groups excluding carboxylic acids is 1. The minimum Gasteiger partial charge on any atom is -0.495 e. The summed E-state index contributed by atoms with van der Waals surface area (Å²) < 4.78 is 28.0. The third-order valence-electron chi connectivity index (χ3n) is 2.80. The van der Waals surface area contributed by atoms with Crippen molar-refractivity contribution in [1.82, 2.24) is 5.32 Å². The van der Waals surface area contributed by atoms with Crippen molar-refractivity contribution in [3.8, 4) is 5.75 Å². The lowest BCUT2D eigenvalue weighted by Gasteiger charge is -2.16. The van der Waals surface area contributed by atoms with Gasteiger partial charge in [-0.25, -0.2) is 8.42 Å². The van der Waals surface area contributed by atoms with E-state index >= 15 is 0 Å². The lowest BCUT2D eigenvalue weighted by Crippen LogP contribution is -2.26. The fourth-order valence-electron chi connectivity index (χ4n) is 1.78. The maximum atomic E-state index is 11.6. The van der Waals surface area contributed by atoms with Crippen molar-refractivity contribution in [2.75, 3.05) is 7.11 Å². The molecule has 112 valence electrons. The van der Waals surface area contributed by atoms with Gasteiger partial charge >= 0.3 is 0 Å². The summed E-state index contributed by atoms with van der Waals surface area (Å²) in [7, 11) is 2.84. The van der Waals surface area contributed by atoms with Crippen molar-refractivity contribution in [3.05, 3.63) is 23.8 Å². The molecule has 7 heteroatoms. The Morgan fingerprint density at radius 3 is 2.60 bits per heavy atom. The Morgan fingerprint density at radius 1 is 1.45 bits per heavy atom. The van der Waals surface area contributed by atoms with Crippen LogP contribution >= 0.6 is 10.7 Å². The molecule has 0 aromatic heterocycles. The number of hydrogen-bond acceptors (Lipinski definition) is 4. The van der Waals surface area contributed by atoms with Crippen molar-refractivity contribution < 1.29 is 17.9 Å². The maximum Gasteiger partial charge on any atom is 0.264 e. The second-order valence-corrected chi connectivity index (χ2v) is 6.92. The summed E-state index contributed by atoms with van der Waals surface area (Å²) in [4.78, 5) is 11.5. The van der Waals surface area contributed by atoms with E-state index in [-0.39, 0.29) is 22.6 Å². The van der Waals surface area contributed by atoms with Gasteiger partial charge in [0, 0.05) is 17.1 Å². The Hall–Kier alpha value is -1.27.